The number of hydrogen-bond donors (Lipinski definition) is 0. The minimum atomic E-state index is -0.240. The van der Waals surface area contributed by atoms with Crippen LogP contribution >= 0.6 is 23.4 Å². The summed E-state index contributed by atoms with van der Waals surface area (Å²) in [7, 11) is 0. The third kappa shape index (κ3) is 4.73. The van der Waals surface area contributed by atoms with Crippen LogP contribution in [0.5, 0.6) is 0 Å². The fraction of sp³-hybridized carbons (Fsp3) is 0.409. The van der Waals surface area contributed by atoms with E-state index in [4.69, 9.17) is 16.0 Å². The van der Waals surface area contributed by atoms with E-state index in [1.165, 1.54) is 11.8 Å². The number of amides is 1. The van der Waals surface area contributed by atoms with E-state index >= 15 is 0 Å². The molecule has 8 heteroatoms. The number of carbonyl (C=O) groups excluding carboxylic acids is 1. The highest BCUT2D eigenvalue weighted by atomic mass is 35.5. The average Bonchev–Trinajstić information content (AvgIpc) is 3.40. The number of thioether (sulfide) groups is 1. The van der Waals surface area contributed by atoms with Crippen molar-refractivity contribution in [2.24, 2.45) is 5.92 Å². The Labute approximate surface area is 185 Å². The van der Waals surface area contributed by atoms with E-state index in [0.29, 0.717) is 22.6 Å². The van der Waals surface area contributed by atoms with Gasteiger partial charge in [-0.3, -0.25) is 9.36 Å². The van der Waals surface area contributed by atoms with E-state index in [-0.39, 0.29) is 11.2 Å². The van der Waals surface area contributed by atoms with Gasteiger partial charge >= 0.3 is 0 Å². The predicted molar refractivity (Wildman–Crippen MR) is 119 cm³/mol. The zero-order valence-corrected chi connectivity index (χ0v) is 18.7. The van der Waals surface area contributed by atoms with Crippen LogP contribution in [0.25, 0.3) is 11.4 Å². The summed E-state index contributed by atoms with van der Waals surface area (Å²) < 4.78 is 7.54. The van der Waals surface area contributed by atoms with Crippen LogP contribution in [0.4, 0.5) is 0 Å². The molecule has 0 saturated carbocycles. The lowest BCUT2D eigenvalue weighted by atomic mass is 9.99. The van der Waals surface area contributed by atoms with Crippen LogP contribution in [0.2, 0.25) is 5.02 Å². The fourth-order valence-corrected chi connectivity index (χ4v) is 4.64. The van der Waals surface area contributed by atoms with Gasteiger partial charge in [0, 0.05) is 23.7 Å². The summed E-state index contributed by atoms with van der Waals surface area (Å²) in [6, 6.07) is 11.3. The summed E-state index contributed by atoms with van der Waals surface area (Å²) in [4.78, 5) is 14.9. The summed E-state index contributed by atoms with van der Waals surface area (Å²) in [6.07, 6.45) is 3.79. The molecule has 1 fully saturated rings. The van der Waals surface area contributed by atoms with E-state index < -0.39 is 0 Å². The number of nitrogens with zero attached hydrogens (tertiary/aromatic N) is 4. The molecule has 2 aromatic heterocycles. The molecule has 1 saturated heterocycles. The third-order valence-electron chi connectivity index (χ3n) is 5.44. The maximum atomic E-state index is 13.0. The Morgan fingerprint density at radius 3 is 2.63 bits per heavy atom. The van der Waals surface area contributed by atoms with E-state index in [2.05, 4.69) is 17.1 Å². The molecule has 3 heterocycles. The number of benzene rings is 1. The summed E-state index contributed by atoms with van der Waals surface area (Å²) in [5.74, 6) is 2.37. The quantitative estimate of drug-likeness (QED) is 0.502. The van der Waals surface area contributed by atoms with Crippen molar-refractivity contribution in [3.63, 3.8) is 0 Å². The topological polar surface area (TPSA) is 64.2 Å². The molecule has 1 aliphatic heterocycles. The van der Waals surface area contributed by atoms with Gasteiger partial charge in [-0.05, 0) is 62.1 Å². The molecule has 1 aromatic carbocycles. The van der Waals surface area contributed by atoms with Gasteiger partial charge in [0.2, 0.25) is 5.91 Å². The zero-order valence-electron chi connectivity index (χ0n) is 17.1. The molecule has 1 unspecified atom stereocenters. The van der Waals surface area contributed by atoms with Gasteiger partial charge in [0.15, 0.2) is 11.0 Å². The van der Waals surface area contributed by atoms with Crippen molar-refractivity contribution in [2.45, 2.75) is 43.6 Å². The largest absolute Gasteiger partial charge is 0.467 e. The number of furan rings is 1. The maximum Gasteiger partial charge on any atom is 0.235 e. The molecule has 3 aromatic rings. The van der Waals surface area contributed by atoms with Crippen molar-refractivity contribution in [1.82, 2.24) is 19.7 Å². The minimum absolute atomic E-state index is 0.160. The Kier molecular flexibility index (Phi) is 6.49. The Hall–Kier alpha value is -2.25. The van der Waals surface area contributed by atoms with Crippen molar-refractivity contribution < 1.29 is 9.21 Å². The standard InChI is InChI=1S/C22H25ClN4O2S/c1-15-9-11-26(12-10-15)21(28)16(2)30-22-25-24-20(17-5-7-18(23)8-6-17)27(22)14-19-4-3-13-29-19/h3-8,13,15-16H,9-12,14H2,1-2H3. The molecule has 0 N–H and O–H groups in total. The van der Waals surface area contributed by atoms with Gasteiger partial charge in [-0.15, -0.1) is 10.2 Å². The van der Waals surface area contributed by atoms with Gasteiger partial charge < -0.3 is 9.32 Å². The molecule has 158 valence electrons. The van der Waals surface area contributed by atoms with Crippen molar-refractivity contribution >= 4 is 29.3 Å². The number of rotatable bonds is 6. The fourth-order valence-electron chi connectivity index (χ4n) is 3.58. The first kappa shape index (κ1) is 21.0. The number of halogens is 1. The highest BCUT2D eigenvalue weighted by molar-refractivity contribution is 8.00. The van der Waals surface area contributed by atoms with Crippen molar-refractivity contribution in [2.75, 3.05) is 13.1 Å². The predicted octanol–water partition coefficient (Wildman–Crippen LogP) is 4.98. The van der Waals surface area contributed by atoms with E-state index in [0.717, 1.165) is 43.1 Å². The Bertz CT molecular complexity index is 979. The lowest BCUT2D eigenvalue weighted by Gasteiger charge is -2.31. The van der Waals surface area contributed by atoms with E-state index in [9.17, 15) is 4.79 Å². The van der Waals surface area contributed by atoms with Crippen LogP contribution in [0, 0.1) is 5.92 Å². The van der Waals surface area contributed by atoms with Gasteiger partial charge in [0.1, 0.15) is 5.76 Å². The monoisotopic (exact) mass is 444 g/mol. The van der Waals surface area contributed by atoms with E-state index in [1.54, 1.807) is 6.26 Å². The van der Waals surface area contributed by atoms with Crippen LogP contribution in [-0.4, -0.2) is 43.9 Å². The van der Waals surface area contributed by atoms with Gasteiger partial charge in [-0.1, -0.05) is 30.3 Å². The Morgan fingerprint density at radius 1 is 1.23 bits per heavy atom. The molecule has 0 aliphatic carbocycles. The molecule has 0 spiro atoms. The van der Waals surface area contributed by atoms with Crippen molar-refractivity contribution in [3.05, 3.63) is 53.4 Å². The SMILES string of the molecule is CC1CCN(C(=O)C(C)Sc2nnc(-c3ccc(Cl)cc3)n2Cc2ccco2)CC1. The average molecular weight is 445 g/mol. The van der Waals surface area contributed by atoms with E-state index in [1.807, 2.05) is 52.8 Å². The maximum absolute atomic E-state index is 13.0. The summed E-state index contributed by atoms with van der Waals surface area (Å²) in [5.41, 5.74) is 0.911. The lowest BCUT2D eigenvalue weighted by Crippen LogP contribution is -2.41. The Balaban J connectivity index is 1.57. The first-order valence-electron chi connectivity index (χ1n) is 10.2. The molecule has 0 radical (unpaired) electrons. The number of carbonyl (C=O) groups is 1. The Morgan fingerprint density at radius 2 is 1.97 bits per heavy atom. The minimum Gasteiger partial charge on any atom is -0.467 e. The molecular formula is C22H25ClN4O2S. The molecule has 1 amide bonds. The normalized spacial score (nSPS) is 16.0. The smallest absolute Gasteiger partial charge is 0.235 e. The van der Waals surface area contributed by atoms with Gasteiger partial charge in [0.05, 0.1) is 18.1 Å². The van der Waals surface area contributed by atoms with Gasteiger partial charge in [-0.2, -0.15) is 0 Å². The highest BCUT2D eigenvalue weighted by Crippen LogP contribution is 2.30. The van der Waals surface area contributed by atoms with Crippen LogP contribution < -0.4 is 0 Å². The molecule has 1 aliphatic rings. The number of aromatic nitrogens is 3. The van der Waals surface area contributed by atoms with Crippen LogP contribution in [0.15, 0.2) is 52.2 Å². The second kappa shape index (κ2) is 9.27. The second-order valence-corrected chi connectivity index (χ2v) is 9.49. The molecule has 1 atom stereocenters. The number of hydrogen-bond acceptors (Lipinski definition) is 5. The first-order valence-corrected chi connectivity index (χ1v) is 11.4. The summed E-state index contributed by atoms with van der Waals surface area (Å²) in [6.45, 7) is 6.34. The van der Waals surface area contributed by atoms with Crippen molar-refractivity contribution in [3.8, 4) is 11.4 Å². The summed E-state index contributed by atoms with van der Waals surface area (Å²) >= 11 is 7.49. The van der Waals surface area contributed by atoms with Gasteiger partial charge in [0.25, 0.3) is 0 Å². The molecule has 4 rings (SSSR count). The summed E-state index contributed by atoms with van der Waals surface area (Å²) in [5, 5.41) is 9.94. The first-order chi connectivity index (χ1) is 14.5. The molecule has 0 bridgehead atoms. The van der Waals surface area contributed by atoms with Crippen LogP contribution in [-0.2, 0) is 11.3 Å². The molecule has 6 nitrogen and oxygen atoms in total. The second-order valence-electron chi connectivity index (χ2n) is 7.75. The molecular weight excluding hydrogens is 420 g/mol. The van der Waals surface area contributed by atoms with Crippen LogP contribution in [0.1, 0.15) is 32.4 Å². The number of likely N-dealkylation sites (tertiary alicyclic amines) is 1. The lowest BCUT2D eigenvalue weighted by molar-refractivity contribution is -0.131. The molecule has 30 heavy (non-hydrogen) atoms. The highest BCUT2D eigenvalue weighted by Gasteiger charge is 2.27. The zero-order chi connectivity index (χ0) is 21.1. The van der Waals surface area contributed by atoms with Crippen molar-refractivity contribution in [1.29, 1.82) is 0 Å². The number of piperidine rings is 1. The van der Waals surface area contributed by atoms with Crippen LogP contribution in [0.3, 0.4) is 0 Å². The van der Waals surface area contributed by atoms with Gasteiger partial charge in [-0.25, -0.2) is 0 Å². The third-order valence-corrected chi connectivity index (χ3v) is 6.76.